The first kappa shape index (κ1) is 18.0. The van der Waals surface area contributed by atoms with Gasteiger partial charge in [-0.05, 0) is 32.0 Å². The van der Waals surface area contributed by atoms with E-state index in [4.69, 9.17) is 22.1 Å². The van der Waals surface area contributed by atoms with Crippen molar-refractivity contribution in [3.05, 3.63) is 28.8 Å². The molecule has 1 aliphatic rings. The predicted octanol–water partition coefficient (Wildman–Crippen LogP) is 1.14. The number of hydrogen-bond donors (Lipinski definition) is 3. The fourth-order valence-corrected chi connectivity index (χ4v) is 3.33. The summed E-state index contributed by atoms with van der Waals surface area (Å²) in [6.45, 7) is 4.44. The van der Waals surface area contributed by atoms with E-state index in [-0.39, 0.29) is 23.9 Å². The van der Waals surface area contributed by atoms with E-state index in [0.29, 0.717) is 17.3 Å². The number of hydrazine groups is 1. The van der Waals surface area contributed by atoms with Crippen LogP contribution < -0.4 is 21.3 Å². The standard InChI is InChI=1S/C16H25ClN4O2/c1-9-14(10(2)20-19-9)15(18)16(22)21(3)8-11-7-12(17)5-6-13(11)23-4/h5-7,9-10,14-15,19-20H,8,18H2,1-4H3. The Kier molecular flexibility index (Phi) is 5.86. The molecule has 2 rings (SSSR count). The first-order valence-corrected chi connectivity index (χ1v) is 8.07. The Balaban J connectivity index is 2.09. The molecule has 1 aromatic rings. The Bertz CT molecular complexity index is 559. The summed E-state index contributed by atoms with van der Waals surface area (Å²) in [6.07, 6.45) is 0. The molecule has 6 nitrogen and oxygen atoms in total. The number of nitrogens with one attached hydrogen (secondary N) is 2. The summed E-state index contributed by atoms with van der Waals surface area (Å²) in [6, 6.07) is 5.06. The largest absolute Gasteiger partial charge is 0.496 e. The minimum Gasteiger partial charge on any atom is -0.496 e. The average molecular weight is 341 g/mol. The van der Waals surface area contributed by atoms with Crippen molar-refractivity contribution in [1.29, 1.82) is 0 Å². The normalized spacial score (nSPS) is 25.2. The third kappa shape index (κ3) is 3.95. The molecule has 0 aliphatic carbocycles. The highest BCUT2D eigenvalue weighted by atomic mass is 35.5. The van der Waals surface area contributed by atoms with Crippen LogP contribution in [0, 0.1) is 5.92 Å². The van der Waals surface area contributed by atoms with Crippen LogP contribution in [0.1, 0.15) is 19.4 Å². The van der Waals surface area contributed by atoms with Gasteiger partial charge in [0.15, 0.2) is 0 Å². The van der Waals surface area contributed by atoms with E-state index in [2.05, 4.69) is 10.9 Å². The van der Waals surface area contributed by atoms with E-state index in [1.54, 1.807) is 37.3 Å². The maximum Gasteiger partial charge on any atom is 0.239 e. The molecule has 23 heavy (non-hydrogen) atoms. The zero-order chi connectivity index (χ0) is 17.1. The van der Waals surface area contributed by atoms with Gasteiger partial charge in [-0.3, -0.25) is 15.6 Å². The lowest BCUT2D eigenvalue weighted by atomic mass is 9.88. The number of methoxy groups -OCH3 is 1. The molecule has 7 heteroatoms. The lowest BCUT2D eigenvalue weighted by molar-refractivity contribution is -0.133. The second-order valence-corrected chi connectivity index (χ2v) is 6.56. The van der Waals surface area contributed by atoms with Gasteiger partial charge in [-0.15, -0.1) is 0 Å². The van der Waals surface area contributed by atoms with Crippen molar-refractivity contribution in [3.63, 3.8) is 0 Å². The number of rotatable bonds is 5. The smallest absolute Gasteiger partial charge is 0.239 e. The Morgan fingerprint density at radius 3 is 2.57 bits per heavy atom. The van der Waals surface area contributed by atoms with Gasteiger partial charge in [-0.1, -0.05) is 11.6 Å². The van der Waals surface area contributed by atoms with E-state index in [1.807, 2.05) is 13.8 Å². The number of ether oxygens (including phenoxy) is 1. The van der Waals surface area contributed by atoms with Gasteiger partial charge in [0.05, 0.1) is 13.2 Å². The summed E-state index contributed by atoms with van der Waals surface area (Å²) in [5.74, 6) is 0.640. The molecule has 1 heterocycles. The number of carbonyl (C=O) groups is 1. The fraction of sp³-hybridized carbons (Fsp3) is 0.562. The second-order valence-electron chi connectivity index (χ2n) is 6.12. The number of nitrogens with zero attached hydrogens (tertiary/aromatic N) is 1. The van der Waals surface area contributed by atoms with Gasteiger partial charge in [0.1, 0.15) is 5.75 Å². The Morgan fingerprint density at radius 1 is 1.39 bits per heavy atom. The summed E-state index contributed by atoms with van der Waals surface area (Å²) in [5, 5.41) is 0.609. The zero-order valence-corrected chi connectivity index (χ0v) is 14.7. The van der Waals surface area contributed by atoms with Crippen LogP contribution in [0.2, 0.25) is 5.02 Å². The number of amides is 1. The number of halogens is 1. The molecule has 1 aromatic carbocycles. The van der Waals surface area contributed by atoms with Gasteiger partial charge < -0.3 is 15.4 Å². The van der Waals surface area contributed by atoms with Crippen LogP contribution in [0.5, 0.6) is 5.75 Å². The topological polar surface area (TPSA) is 79.6 Å². The van der Waals surface area contributed by atoms with Crippen molar-refractivity contribution in [2.45, 2.75) is 38.5 Å². The summed E-state index contributed by atoms with van der Waals surface area (Å²) in [4.78, 5) is 14.3. The van der Waals surface area contributed by atoms with Crippen molar-refractivity contribution >= 4 is 17.5 Å². The average Bonchev–Trinajstić information content (AvgIpc) is 2.85. The van der Waals surface area contributed by atoms with Gasteiger partial charge in [0, 0.05) is 42.2 Å². The van der Waals surface area contributed by atoms with Crippen molar-refractivity contribution in [2.24, 2.45) is 11.7 Å². The molecular weight excluding hydrogens is 316 g/mol. The highest BCUT2D eigenvalue weighted by Crippen LogP contribution is 2.25. The molecule has 3 unspecified atom stereocenters. The van der Waals surface area contributed by atoms with Crippen LogP contribution in [0.3, 0.4) is 0 Å². The van der Waals surface area contributed by atoms with Gasteiger partial charge >= 0.3 is 0 Å². The van der Waals surface area contributed by atoms with Gasteiger partial charge in [-0.2, -0.15) is 0 Å². The molecule has 0 aromatic heterocycles. The van der Waals surface area contributed by atoms with E-state index in [0.717, 1.165) is 5.56 Å². The van der Waals surface area contributed by atoms with Crippen LogP contribution in [-0.2, 0) is 11.3 Å². The van der Waals surface area contributed by atoms with Crippen LogP contribution >= 0.6 is 11.6 Å². The maximum atomic E-state index is 12.7. The molecule has 1 saturated heterocycles. The first-order chi connectivity index (χ1) is 10.8. The number of hydrogen-bond acceptors (Lipinski definition) is 5. The highest BCUT2D eigenvalue weighted by Gasteiger charge is 2.38. The summed E-state index contributed by atoms with van der Waals surface area (Å²) < 4.78 is 5.33. The van der Waals surface area contributed by atoms with E-state index >= 15 is 0 Å². The van der Waals surface area contributed by atoms with Crippen molar-refractivity contribution < 1.29 is 9.53 Å². The van der Waals surface area contributed by atoms with Crippen LogP contribution in [-0.4, -0.2) is 43.1 Å². The van der Waals surface area contributed by atoms with Crippen molar-refractivity contribution in [2.75, 3.05) is 14.2 Å². The number of likely N-dealkylation sites (N-methyl/N-ethyl adjacent to an activating group) is 1. The minimum atomic E-state index is -0.572. The first-order valence-electron chi connectivity index (χ1n) is 7.69. The quantitative estimate of drug-likeness (QED) is 0.749. The molecular formula is C16H25ClN4O2. The lowest BCUT2D eigenvalue weighted by Crippen LogP contribution is -2.51. The maximum absolute atomic E-state index is 12.7. The van der Waals surface area contributed by atoms with Gasteiger partial charge in [0.2, 0.25) is 5.91 Å². The van der Waals surface area contributed by atoms with E-state index in [9.17, 15) is 4.79 Å². The third-order valence-corrected chi connectivity index (χ3v) is 4.65. The Labute approximate surface area is 142 Å². The molecule has 128 valence electrons. The number of carbonyl (C=O) groups excluding carboxylic acids is 1. The highest BCUT2D eigenvalue weighted by molar-refractivity contribution is 6.30. The van der Waals surface area contributed by atoms with Crippen LogP contribution in [0.15, 0.2) is 18.2 Å². The molecule has 0 saturated carbocycles. The fourth-order valence-electron chi connectivity index (χ4n) is 3.13. The zero-order valence-electron chi connectivity index (χ0n) is 14.0. The van der Waals surface area contributed by atoms with E-state index < -0.39 is 6.04 Å². The summed E-state index contributed by atoms with van der Waals surface area (Å²) >= 11 is 6.04. The molecule has 0 radical (unpaired) electrons. The van der Waals surface area contributed by atoms with Crippen LogP contribution in [0.25, 0.3) is 0 Å². The Morgan fingerprint density at radius 2 is 2.00 bits per heavy atom. The Hall–Kier alpha value is -1.34. The lowest BCUT2D eigenvalue weighted by Gasteiger charge is -2.28. The minimum absolute atomic E-state index is 0.0335. The molecule has 0 bridgehead atoms. The predicted molar refractivity (Wildman–Crippen MR) is 91.1 cm³/mol. The summed E-state index contributed by atoms with van der Waals surface area (Å²) in [5.41, 5.74) is 13.3. The van der Waals surface area contributed by atoms with Crippen LogP contribution in [0.4, 0.5) is 0 Å². The van der Waals surface area contributed by atoms with E-state index in [1.165, 1.54) is 0 Å². The van der Waals surface area contributed by atoms with Crippen molar-refractivity contribution in [1.82, 2.24) is 15.8 Å². The van der Waals surface area contributed by atoms with Gasteiger partial charge in [-0.25, -0.2) is 0 Å². The molecule has 0 spiro atoms. The monoisotopic (exact) mass is 340 g/mol. The number of benzene rings is 1. The molecule has 4 N–H and O–H groups in total. The number of nitrogens with two attached hydrogens (primary N) is 1. The molecule has 3 atom stereocenters. The molecule has 1 aliphatic heterocycles. The molecule has 1 amide bonds. The summed E-state index contributed by atoms with van der Waals surface area (Å²) in [7, 11) is 3.34. The SMILES string of the molecule is COc1ccc(Cl)cc1CN(C)C(=O)C(N)C1C(C)NNC1C. The third-order valence-electron chi connectivity index (χ3n) is 4.42. The van der Waals surface area contributed by atoms with Gasteiger partial charge in [0.25, 0.3) is 0 Å². The van der Waals surface area contributed by atoms with Crippen molar-refractivity contribution in [3.8, 4) is 5.75 Å². The second kappa shape index (κ2) is 7.49. The molecule has 1 fully saturated rings.